The molecule has 20 heavy (non-hydrogen) atoms. The van der Waals surface area contributed by atoms with Gasteiger partial charge in [0.25, 0.3) is 0 Å². The van der Waals surface area contributed by atoms with Crippen LogP contribution in [0.1, 0.15) is 51.9 Å². The van der Waals surface area contributed by atoms with E-state index in [0.29, 0.717) is 17.9 Å². The number of rotatable bonds is 5. The molecule has 1 saturated heterocycles. The molecular formula is C15H31IN4. The summed E-state index contributed by atoms with van der Waals surface area (Å²) >= 11 is 0. The zero-order valence-electron chi connectivity index (χ0n) is 12.8. The monoisotopic (exact) mass is 394 g/mol. The second-order valence-electron chi connectivity index (χ2n) is 6.16. The number of hydrogen-bond donors (Lipinski definition) is 2. The summed E-state index contributed by atoms with van der Waals surface area (Å²) in [5, 5.41) is 3.39. The predicted octanol–water partition coefficient (Wildman–Crippen LogP) is 2.57. The highest BCUT2D eigenvalue weighted by molar-refractivity contribution is 14.0. The number of guanidine groups is 1. The van der Waals surface area contributed by atoms with E-state index in [1.807, 2.05) is 0 Å². The standard InChI is InChI=1S/C15H30N4.HI/c1-2-9-19-10-8-13(12-19)11-17-15(16)18-14-6-4-3-5-7-14;/h13-14H,2-12H2,1H3,(H3,16,17,18);1H. The maximum Gasteiger partial charge on any atom is 0.188 e. The van der Waals surface area contributed by atoms with Gasteiger partial charge in [-0.2, -0.15) is 0 Å². The lowest BCUT2D eigenvalue weighted by atomic mass is 9.96. The summed E-state index contributed by atoms with van der Waals surface area (Å²) in [4.78, 5) is 7.10. The fraction of sp³-hybridized carbons (Fsp3) is 0.933. The number of likely N-dealkylation sites (tertiary alicyclic amines) is 1. The Morgan fingerprint density at radius 1 is 1.25 bits per heavy atom. The number of nitrogens with zero attached hydrogens (tertiary/aromatic N) is 2. The number of halogens is 1. The minimum Gasteiger partial charge on any atom is -0.370 e. The van der Waals surface area contributed by atoms with Crippen LogP contribution in [0.5, 0.6) is 0 Å². The van der Waals surface area contributed by atoms with Gasteiger partial charge < -0.3 is 16.0 Å². The second kappa shape index (κ2) is 9.82. The molecule has 1 heterocycles. The molecule has 0 spiro atoms. The lowest BCUT2D eigenvalue weighted by molar-refractivity contribution is 0.326. The third-order valence-corrected chi connectivity index (χ3v) is 4.39. The zero-order chi connectivity index (χ0) is 13.5. The van der Waals surface area contributed by atoms with Crippen molar-refractivity contribution in [1.82, 2.24) is 10.2 Å². The maximum atomic E-state index is 6.00. The lowest BCUT2D eigenvalue weighted by Crippen LogP contribution is -2.41. The van der Waals surface area contributed by atoms with Gasteiger partial charge >= 0.3 is 0 Å². The van der Waals surface area contributed by atoms with Crippen LogP contribution < -0.4 is 11.1 Å². The largest absolute Gasteiger partial charge is 0.370 e. The number of hydrogen-bond acceptors (Lipinski definition) is 2. The van der Waals surface area contributed by atoms with Gasteiger partial charge in [0.1, 0.15) is 0 Å². The van der Waals surface area contributed by atoms with Crippen molar-refractivity contribution in [3.05, 3.63) is 0 Å². The number of aliphatic imine (C=N–C) groups is 1. The molecule has 0 aromatic carbocycles. The molecule has 1 aliphatic carbocycles. The molecule has 5 heteroatoms. The van der Waals surface area contributed by atoms with Crippen LogP contribution in [0.15, 0.2) is 4.99 Å². The molecule has 1 atom stereocenters. The fourth-order valence-electron chi connectivity index (χ4n) is 3.31. The summed E-state index contributed by atoms with van der Waals surface area (Å²) in [6, 6.07) is 0.567. The molecule has 1 aliphatic heterocycles. The van der Waals surface area contributed by atoms with E-state index in [4.69, 9.17) is 5.73 Å². The van der Waals surface area contributed by atoms with Gasteiger partial charge in [0.15, 0.2) is 5.96 Å². The molecule has 118 valence electrons. The summed E-state index contributed by atoms with van der Waals surface area (Å²) in [7, 11) is 0. The van der Waals surface area contributed by atoms with Gasteiger partial charge in [-0.15, -0.1) is 24.0 Å². The topological polar surface area (TPSA) is 53.6 Å². The van der Waals surface area contributed by atoms with Crippen LogP contribution in [0.3, 0.4) is 0 Å². The van der Waals surface area contributed by atoms with Crippen molar-refractivity contribution < 1.29 is 0 Å². The summed E-state index contributed by atoms with van der Waals surface area (Å²) in [5.74, 6) is 1.37. The molecule has 0 aromatic heterocycles. The van der Waals surface area contributed by atoms with Crippen molar-refractivity contribution in [2.45, 2.75) is 57.9 Å². The van der Waals surface area contributed by atoms with Crippen LogP contribution in [-0.2, 0) is 0 Å². The summed E-state index contributed by atoms with van der Waals surface area (Å²) in [6.45, 7) is 6.82. The van der Waals surface area contributed by atoms with E-state index in [0.717, 1.165) is 6.54 Å². The summed E-state index contributed by atoms with van der Waals surface area (Å²) in [5.41, 5.74) is 6.00. The van der Waals surface area contributed by atoms with Crippen molar-refractivity contribution in [3.63, 3.8) is 0 Å². The Balaban J connectivity index is 0.00000200. The molecule has 2 aliphatic rings. The van der Waals surface area contributed by atoms with Crippen LogP contribution >= 0.6 is 24.0 Å². The zero-order valence-corrected chi connectivity index (χ0v) is 15.1. The van der Waals surface area contributed by atoms with Crippen molar-refractivity contribution >= 4 is 29.9 Å². The van der Waals surface area contributed by atoms with Gasteiger partial charge in [-0.05, 0) is 44.7 Å². The summed E-state index contributed by atoms with van der Waals surface area (Å²) in [6.07, 6.45) is 9.08. The predicted molar refractivity (Wildman–Crippen MR) is 96.8 cm³/mol. The Morgan fingerprint density at radius 2 is 2.00 bits per heavy atom. The molecule has 0 aromatic rings. The molecule has 2 fully saturated rings. The Hall–Kier alpha value is -0.0400. The Labute approximate surface area is 141 Å². The molecule has 0 amide bonds. The molecule has 0 bridgehead atoms. The summed E-state index contributed by atoms with van der Waals surface area (Å²) < 4.78 is 0. The van der Waals surface area contributed by atoms with E-state index >= 15 is 0 Å². The minimum atomic E-state index is 0. The molecule has 1 unspecified atom stereocenters. The van der Waals surface area contributed by atoms with Gasteiger partial charge in [-0.3, -0.25) is 4.99 Å². The van der Waals surface area contributed by atoms with Gasteiger partial charge in [0.05, 0.1) is 0 Å². The fourth-order valence-corrected chi connectivity index (χ4v) is 3.31. The lowest BCUT2D eigenvalue weighted by Gasteiger charge is -2.23. The van der Waals surface area contributed by atoms with E-state index in [1.165, 1.54) is 64.6 Å². The first-order valence-electron chi connectivity index (χ1n) is 8.06. The van der Waals surface area contributed by atoms with Gasteiger partial charge in [0.2, 0.25) is 0 Å². The SMILES string of the molecule is CCCN1CCC(CN=C(N)NC2CCCCC2)C1.I. The van der Waals surface area contributed by atoms with E-state index < -0.39 is 0 Å². The first kappa shape index (κ1) is 18.0. The van der Waals surface area contributed by atoms with E-state index in [2.05, 4.69) is 22.1 Å². The molecule has 0 radical (unpaired) electrons. The van der Waals surface area contributed by atoms with Crippen LogP contribution in [0, 0.1) is 5.92 Å². The quantitative estimate of drug-likeness (QED) is 0.428. The Morgan fingerprint density at radius 3 is 2.70 bits per heavy atom. The molecule has 4 nitrogen and oxygen atoms in total. The third kappa shape index (κ3) is 6.16. The third-order valence-electron chi connectivity index (χ3n) is 4.39. The number of nitrogens with two attached hydrogens (primary N) is 1. The van der Waals surface area contributed by atoms with Gasteiger partial charge in [0, 0.05) is 19.1 Å². The maximum absolute atomic E-state index is 6.00. The highest BCUT2D eigenvalue weighted by atomic mass is 127. The van der Waals surface area contributed by atoms with E-state index in [9.17, 15) is 0 Å². The van der Waals surface area contributed by atoms with Crippen LogP contribution in [0.25, 0.3) is 0 Å². The first-order valence-corrected chi connectivity index (χ1v) is 8.06. The minimum absolute atomic E-state index is 0. The van der Waals surface area contributed by atoms with Crippen molar-refractivity contribution in [2.24, 2.45) is 16.6 Å². The highest BCUT2D eigenvalue weighted by Gasteiger charge is 2.21. The van der Waals surface area contributed by atoms with E-state index in [1.54, 1.807) is 0 Å². The van der Waals surface area contributed by atoms with Crippen molar-refractivity contribution in [2.75, 3.05) is 26.2 Å². The van der Waals surface area contributed by atoms with E-state index in [-0.39, 0.29) is 24.0 Å². The second-order valence-corrected chi connectivity index (χ2v) is 6.16. The van der Waals surface area contributed by atoms with Gasteiger partial charge in [-0.25, -0.2) is 0 Å². The average Bonchev–Trinajstić information content (AvgIpc) is 2.86. The molecular weight excluding hydrogens is 363 g/mol. The highest BCUT2D eigenvalue weighted by Crippen LogP contribution is 2.18. The van der Waals surface area contributed by atoms with Crippen molar-refractivity contribution in [3.8, 4) is 0 Å². The first-order chi connectivity index (χ1) is 9.28. The van der Waals surface area contributed by atoms with Gasteiger partial charge in [-0.1, -0.05) is 26.2 Å². The Kier molecular flexibility index (Phi) is 8.84. The smallest absolute Gasteiger partial charge is 0.188 e. The average molecular weight is 394 g/mol. The van der Waals surface area contributed by atoms with Crippen molar-refractivity contribution in [1.29, 1.82) is 0 Å². The molecule has 3 N–H and O–H groups in total. The van der Waals surface area contributed by atoms with Crippen LogP contribution in [-0.4, -0.2) is 43.1 Å². The number of nitrogens with one attached hydrogen (secondary N) is 1. The molecule has 2 rings (SSSR count). The van der Waals surface area contributed by atoms with Crippen LogP contribution in [0.4, 0.5) is 0 Å². The Bertz CT molecular complexity index is 290. The molecule has 1 saturated carbocycles. The normalized spacial score (nSPS) is 25.4. The van der Waals surface area contributed by atoms with Crippen LogP contribution in [0.2, 0.25) is 0 Å².